The highest BCUT2D eigenvalue weighted by molar-refractivity contribution is 5.75. The van der Waals surface area contributed by atoms with Crippen LogP contribution in [-0.2, 0) is 14.3 Å². The maximum absolute atomic E-state index is 11.5. The van der Waals surface area contributed by atoms with Crippen LogP contribution in [0.25, 0.3) is 0 Å². The topological polar surface area (TPSA) is 124 Å². The molecule has 23 heavy (non-hydrogen) atoms. The van der Waals surface area contributed by atoms with E-state index in [1.807, 2.05) is 0 Å². The Balaban J connectivity index is 3.78. The number of rotatable bonds is 14. The van der Waals surface area contributed by atoms with Crippen LogP contribution < -0.4 is 0 Å². The first-order chi connectivity index (χ1) is 11.0. The van der Waals surface area contributed by atoms with E-state index in [1.54, 1.807) is 0 Å². The molecule has 0 aromatic rings. The second kappa shape index (κ2) is 13.4. The molecule has 0 amide bonds. The third kappa shape index (κ3) is 9.65. The van der Waals surface area contributed by atoms with Crippen LogP contribution in [-0.4, -0.2) is 63.7 Å². The van der Waals surface area contributed by atoms with Gasteiger partial charge in [-0.15, -0.1) is 0 Å². The highest BCUT2D eigenvalue weighted by atomic mass is 16.5. The predicted molar refractivity (Wildman–Crippen MR) is 83.7 cm³/mol. The summed E-state index contributed by atoms with van der Waals surface area (Å²) in [6, 6.07) is 0. The highest BCUT2D eigenvalue weighted by Crippen LogP contribution is 2.09. The minimum absolute atomic E-state index is 0.00640. The number of aliphatic hydroxyl groups excluding tert-OH is 4. The molecule has 0 spiro atoms. The lowest BCUT2D eigenvalue weighted by Gasteiger charge is -2.22. The van der Waals surface area contributed by atoms with Crippen molar-refractivity contribution in [3.8, 4) is 0 Å². The zero-order valence-electron chi connectivity index (χ0n) is 13.8. The van der Waals surface area contributed by atoms with Gasteiger partial charge in [-0.2, -0.15) is 0 Å². The minimum atomic E-state index is -2.01. The zero-order valence-corrected chi connectivity index (χ0v) is 13.8. The number of carbonyl (C=O) groups is 2. The Kier molecular flexibility index (Phi) is 12.8. The van der Waals surface area contributed by atoms with E-state index in [1.165, 1.54) is 25.7 Å². The number of carbonyl (C=O) groups excluding carboxylic acids is 2. The molecule has 7 heteroatoms. The van der Waals surface area contributed by atoms with Crippen molar-refractivity contribution in [3.63, 3.8) is 0 Å². The molecule has 0 aliphatic carbocycles. The summed E-state index contributed by atoms with van der Waals surface area (Å²) in [5, 5.41) is 37.4. The van der Waals surface area contributed by atoms with Gasteiger partial charge in [0.15, 0.2) is 12.4 Å². The number of unbranched alkanes of at least 4 members (excludes halogenated alkanes) is 7. The lowest BCUT2D eigenvalue weighted by Crippen LogP contribution is -2.48. The molecule has 0 aliphatic rings. The Morgan fingerprint density at radius 1 is 0.913 bits per heavy atom. The summed E-state index contributed by atoms with van der Waals surface area (Å²) in [4.78, 5) is 21.8. The van der Waals surface area contributed by atoms with Crippen LogP contribution in [0.2, 0.25) is 0 Å². The van der Waals surface area contributed by atoms with Crippen molar-refractivity contribution in [1.29, 1.82) is 0 Å². The predicted octanol–water partition coefficient (Wildman–Crippen LogP) is 0.313. The van der Waals surface area contributed by atoms with Crippen LogP contribution in [0, 0.1) is 0 Å². The fourth-order valence-electron chi connectivity index (χ4n) is 2.10. The van der Waals surface area contributed by atoms with Gasteiger partial charge in [0.2, 0.25) is 0 Å². The van der Waals surface area contributed by atoms with Crippen molar-refractivity contribution < 1.29 is 34.8 Å². The summed E-state index contributed by atoms with van der Waals surface area (Å²) >= 11 is 0. The number of aliphatic hydroxyl groups is 4. The number of aldehydes is 1. The Bertz CT molecular complexity index is 322. The zero-order chi connectivity index (χ0) is 17.7. The lowest BCUT2D eigenvalue weighted by molar-refractivity contribution is -0.169. The Labute approximate surface area is 137 Å². The van der Waals surface area contributed by atoms with E-state index in [0.29, 0.717) is 6.42 Å². The van der Waals surface area contributed by atoms with E-state index < -0.39 is 30.4 Å². The molecule has 0 radical (unpaired) electrons. The second-order valence-corrected chi connectivity index (χ2v) is 5.70. The second-order valence-electron chi connectivity index (χ2n) is 5.70. The van der Waals surface area contributed by atoms with Crippen LogP contribution in [0.4, 0.5) is 0 Å². The molecule has 7 nitrogen and oxygen atoms in total. The van der Waals surface area contributed by atoms with Gasteiger partial charge >= 0.3 is 5.97 Å². The van der Waals surface area contributed by atoms with Gasteiger partial charge in [-0.1, -0.05) is 51.9 Å². The standard InChI is InChI=1S/C16H30O7/c1-2-3-4-5-6-7-8-9-10-23-16(22)15(21)14(20)13(19)12(18)11-17/h11-15,18-21H,2-10H2,1H3/t12-,13+,14-,15-/m0/s1. The Hall–Kier alpha value is -1.02. The molecule has 0 fully saturated rings. The Morgan fingerprint density at radius 3 is 1.96 bits per heavy atom. The third-order valence-corrected chi connectivity index (χ3v) is 3.65. The summed E-state index contributed by atoms with van der Waals surface area (Å²) in [6.45, 7) is 2.28. The first-order valence-corrected chi connectivity index (χ1v) is 8.29. The number of esters is 1. The van der Waals surface area contributed by atoms with E-state index in [4.69, 9.17) is 9.84 Å². The van der Waals surface area contributed by atoms with Crippen molar-refractivity contribution in [2.75, 3.05) is 6.61 Å². The molecule has 0 saturated carbocycles. The van der Waals surface area contributed by atoms with Crippen LogP contribution >= 0.6 is 0 Å². The largest absolute Gasteiger partial charge is 0.464 e. The molecule has 0 aliphatic heterocycles. The van der Waals surface area contributed by atoms with Gasteiger partial charge in [0.1, 0.15) is 18.3 Å². The van der Waals surface area contributed by atoms with Crippen LogP contribution in [0.3, 0.4) is 0 Å². The molecular formula is C16H30O7. The highest BCUT2D eigenvalue weighted by Gasteiger charge is 2.35. The molecule has 4 atom stereocenters. The maximum Gasteiger partial charge on any atom is 0.337 e. The van der Waals surface area contributed by atoms with Gasteiger partial charge in [0.05, 0.1) is 6.61 Å². The van der Waals surface area contributed by atoms with Crippen LogP contribution in [0.1, 0.15) is 58.3 Å². The third-order valence-electron chi connectivity index (χ3n) is 3.65. The van der Waals surface area contributed by atoms with Gasteiger partial charge < -0.3 is 30.0 Å². The first-order valence-electron chi connectivity index (χ1n) is 8.29. The quantitative estimate of drug-likeness (QED) is 0.205. The molecule has 0 unspecified atom stereocenters. The van der Waals surface area contributed by atoms with Gasteiger partial charge in [-0.05, 0) is 6.42 Å². The van der Waals surface area contributed by atoms with Crippen molar-refractivity contribution >= 4 is 12.3 Å². The summed E-state index contributed by atoms with van der Waals surface area (Å²) in [5.41, 5.74) is 0. The van der Waals surface area contributed by atoms with Crippen molar-refractivity contribution in [2.24, 2.45) is 0 Å². The van der Waals surface area contributed by atoms with Crippen LogP contribution in [0.5, 0.6) is 0 Å². The molecule has 4 N–H and O–H groups in total. The summed E-state index contributed by atoms with van der Waals surface area (Å²) in [6.07, 6.45) is 0.861. The summed E-state index contributed by atoms with van der Waals surface area (Å²) in [7, 11) is 0. The molecule has 0 heterocycles. The van der Waals surface area contributed by atoms with Crippen molar-refractivity contribution in [1.82, 2.24) is 0 Å². The lowest BCUT2D eigenvalue weighted by atomic mass is 10.0. The Morgan fingerprint density at radius 2 is 1.43 bits per heavy atom. The molecule has 0 bridgehead atoms. The number of ether oxygens (including phenoxy) is 1. The minimum Gasteiger partial charge on any atom is -0.464 e. The fraction of sp³-hybridized carbons (Fsp3) is 0.875. The van der Waals surface area contributed by atoms with E-state index >= 15 is 0 Å². The maximum atomic E-state index is 11.5. The first kappa shape index (κ1) is 22.0. The van der Waals surface area contributed by atoms with Crippen LogP contribution in [0.15, 0.2) is 0 Å². The van der Waals surface area contributed by atoms with Crippen molar-refractivity contribution in [2.45, 2.75) is 82.7 Å². The fourth-order valence-corrected chi connectivity index (χ4v) is 2.10. The summed E-state index contributed by atoms with van der Waals surface area (Å²) < 4.78 is 4.80. The molecule has 0 rings (SSSR count). The van der Waals surface area contributed by atoms with Gasteiger partial charge in [0, 0.05) is 0 Å². The van der Waals surface area contributed by atoms with Crippen molar-refractivity contribution in [3.05, 3.63) is 0 Å². The number of hydrogen-bond donors (Lipinski definition) is 4. The average Bonchev–Trinajstić information content (AvgIpc) is 2.57. The molecular weight excluding hydrogens is 304 g/mol. The molecule has 0 aromatic carbocycles. The van der Waals surface area contributed by atoms with Gasteiger partial charge in [-0.3, -0.25) is 0 Å². The normalized spacial score (nSPS) is 16.4. The molecule has 0 aromatic heterocycles. The summed E-state index contributed by atoms with van der Waals surface area (Å²) in [5.74, 6) is -1.09. The smallest absolute Gasteiger partial charge is 0.337 e. The SMILES string of the molecule is CCCCCCCCCCOC(=O)[C@@H](O)[C@@H](O)[C@H](O)[C@@H](O)C=O. The van der Waals surface area contributed by atoms with E-state index in [0.717, 1.165) is 19.3 Å². The van der Waals surface area contributed by atoms with E-state index in [-0.39, 0.29) is 12.9 Å². The average molecular weight is 334 g/mol. The van der Waals surface area contributed by atoms with Gasteiger partial charge in [-0.25, -0.2) is 4.79 Å². The van der Waals surface area contributed by atoms with Gasteiger partial charge in [0.25, 0.3) is 0 Å². The molecule has 136 valence electrons. The van der Waals surface area contributed by atoms with E-state index in [9.17, 15) is 24.9 Å². The van der Waals surface area contributed by atoms with E-state index in [2.05, 4.69) is 6.92 Å². The number of hydrogen-bond acceptors (Lipinski definition) is 7. The monoisotopic (exact) mass is 334 g/mol. The molecule has 0 saturated heterocycles.